The van der Waals surface area contributed by atoms with E-state index >= 15 is 0 Å². The molecule has 1 atom stereocenters. The lowest BCUT2D eigenvalue weighted by Crippen LogP contribution is -2.35. The van der Waals surface area contributed by atoms with Gasteiger partial charge in [0.25, 0.3) is 0 Å². The molecule has 15 heavy (non-hydrogen) atoms. The minimum Gasteiger partial charge on any atom is -0.385 e. The molecule has 6 heteroatoms. The third-order valence-electron chi connectivity index (χ3n) is 2.00. The molecule has 0 aliphatic carbocycles. The molecule has 0 aliphatic rings. The smallest absolute Gasteiger partial charge is 0.211 e. The monoisotopic (exact) mass is 238 g/mol. The van der Waals surface area contributed by atoms with Gasteiger partial charge in [0.15, 0.2) is 0 Å². The van der Waals surface area contributed by atoms with Crippen LogP contribution in [0.15, 0.2) is 0 Å². The van der Waals surface area contributed by atoms with Crippen LogP contribution < -0.4 is 10.5 Å². The second-order valence-electron chi connectivity index (χ2n) is 3.62. The largest absolute Gasteiger partial charge is 0.385 e. The highest BCUT2D eigenvalue weighted by Crippen LogP contribution is 1.98. The number of hydrogen-bond acceptors (Lipinski definition) is 4. The van der Waals surface area contributed by atoms with Crippen LogP contribution >= 0.6 is 0 Å². The van der Waals surface area contributed by atoms with Gasteiger partial charge in [-0.2, -0.15) is 0 Å². The average Bonchev–Trinajstić information content (AvgIpc) is 2.14. The minimum absolute atomic E-state index is 0.0761. The Morgan fingerprint density at radius 2 is 2.07 bits per heavy atom. The number of ether oxygens (including phenoxy) is 1. The van der Waals surface area contributed by atoms with Crippen LogP contribution in [0.4, 0.5) is 0 Å². The molecule has 92 valence electrons. The number of methoxy groups -OCH3 is 1. The van der Waals surface area contributed by atoms with Crippen LogP contribution in [0.1, 0.15) is 26.2 Å². The van der Waals surface area contributed by atoms with Gasteiger partial charge < -0.3 is 10.5 Å². The predicted molar refractivity (Wildman–Crippen MR) is 61.2 cm³/mol. The molecule has 0 aliphatic heterocycles. The summed E-state index contributed by atoms with van der Waals surface area (Å²) in [6.07, 6.45) is 2.04. The van der Waals surface area contributed by atoms with Crippen LogP contribution in [0, 0.1) is 0 Å². The normalized spacial score (nSPS) is 14.1. The molecule has 0 radical (unpaired) electrons. The van der Waals surface area contributed by atoms with Crippen molar-refractivity contribution in [1.82, 2.24) is 4.72 Å². The first-order valence-corrected chi connectivity index (χ1v) is 6.86. The summed E-state index contributed by atoms with van der Waals surface area (Å²) in [7, 11) is -1.54. The number of unbranched alkanes of at least 4 members (excludes halogenated alkanes) is 1. The van der Waals surface area contributed by atoms with Crippen molar-refractivity contribution >= 4 is 10.0 Å². The van der Waals surface area contributed by atoms with E-state index in [9.17, 15) is 8.42 Å². The Morgan fingerprint density at radius 3 is 2.60 bits per heavy atom. The molecular formula is C9H22N2O3S. The van der Waals surface area contributed by atoms with Crippen LogP contribution in [-0.4, -0.2) is 40.5 Å². The molecule has 3 N–H and O–H groups in total. The number of hydrogen-bond donors (Lipinski definition) is 2. The molecule has 0 spiro atoms. The Morgan fingerprint density at radius 1 is 1.40 bits per heavy atom. The van der Waals surface area contributed by atoms with Crippen LogP contribution in [0.25, 0.3) is 0 Å². The van der Waals surface area contributed by atoms with E-state index in [2.05, 4.69) is 4.72 Å². The van der Waals surface area contributed by atoms with Crippen LogP contribution in [0.3, 0.4) is 0 Å². The molecule has 0 aromatic carbocycles. The van der Waals surface area contributed by atoms with Gasteiger partial charge in [-0.15, -0.1) is 0 Å². The van der Waals surface area contributed by atoms with Gasteiger partial charge in [-0.1, -0.05) is 0 Å². The topological polar surface area (TPSA) is 81.4 Å². The lowest BCUT2D eigenvalue weighted by molar-refractivity contribution is 0.188. The molecule has 1 unspecified atom stereocenters. The Labute approximate surface area is 92.4 Å². The molecule has 0 fully saturated rings. The summed E-state index contributed by atoms with van der Waals surface area (Å²) in [6.45, 7) is 2.93. The molecular weight excluding hydrogens is 216 g/mol. The molecule has 0 saturated carbocycles. The fourth-order valence-corrected chi connectivity index (χ4v) is 2.59. The predicted octanol–water partition coefficient (Wildman–Crippen LogP) is 0.0697. The van der Waals surface area contributed by atoms with E-state index in [1.165, 1.54) is 0 Å². The number of nitrogens with two attached hydrogens (primary N) is 1. The van der Waals surface area contributed by atoms with Crippen molar-refractivity contribution in [2.75, 3.05) is 26.0 Å². The maximum atomic E-state index is 11.5. The first-order chi connectivity index (χ1) is 7.02. The number of rotatable bonds is 9. The van der Waals surface area contributed by atoms with Gasteiger partial charge in [0.1, 0.15) is 0 Å². The van der Waals surface area contributed by atoms with Gasteiger partial charge in [-0.05, 0) is 32.7 Å². The zero-order valence-corrected chi connectivity index (χ0v) is 10.3. The van der Waals surface area contributed by atoms with Crippen molar-refractivity contribution < 1.29 is 13.2 Å². The minimum atomic E-state index is -3.14. The fraction of sp³-hybridized carbons (Fsp3) is 1.00. The molecule has 0 rings (SSSR count). The Kier molecular flexibility index (Phi) is 7.95. The van der Waals surface area contributed by atoms with Gasteiger partial charge >= 0.3 is 0 Å². The van der Waals surface area contributed by atoms with Crippen LogP contribution in [0.5, 0.6) is 0 Å². The van der Waals surface area contributed by atoms with E-state index in [4.69, 9.17) is 10.5 Å². The third-order valence-corrected chi connectivity index (χ3v) is 3.59. The van der Waals surface area contributed by atoms with Crippen molar-refractivity contribution in [3.63, 3.8) is 0 Å². The third kappa shape index (κ3) is 8.80. The number of nitrogens with one attached hydrogen (secondary N) is 1. The first kappa shape index (κ1) is 14.8. The Bertz CT molecular complexity index is 242. The van der Waals surface area contributed by atoms with E-state index in [1.54, 1.807) is 7.11 Å². The summed E-state index contributed by atoms with van der Waals surface area (Å²) in [5.74, 6) is 0.154. The maximum absolute atomic E-state index is 11.5. The van der Waals surface area contributed by atoms with Gasteiger partial charge in [0, 0.05) is 19.8 Å². The molecule has 0 bridgehead atoms. The first-order valence-electron chi connectivity index (χ1n) is 5.21. The van der Waals surface area contributed by atoms with Gasteiger partial charge in [-0.3, -0.25) is 0 Å². The van der Waals surface area contributed by atoms with Crippen molar-refractivity contribution in [1.29, 1.82) is 0 Å². The number of sulfonamides is 1. The van der Waals surface area contributed by atoms with Crippen LogP contribution in [0.2, 0.25) is 0 Å². The van der Waals surface area contributed by atoms with E-state index in [0.717, 1.165) is 6.42 Å². The molecule has 0 aromatic rings. The summed E-state index contributed by atoms with van der Waals surface area (Å²) in [5.41, 5.74) is 5.29. The molecule has 0 amide bonds. The Balaban J connectivity index is 3.81. The summed E-state index contributed by atoms with van der Waals surface area (Å²) >= 11 is 0. The quantitative estimate of drug-likeness (QED) is 0.557. The highest BCUT2D eigenvalue weighted by atomic mass is 32.2. The SMILES string of the molecule is COCCC(C)NS(=O)(=O)CCCCN. The van der Waals surface area contributed by atoms with E-state index in [1.807, 2.05) is 6.92 Å². The van der Waals surface area contributed by atoms with Crippen LogP contribution in [-0.2, 0) is 14.8 Å². The van der Waals surface area contributed by atoms with Gasteiger partial charge in [0.05, 0.1) is 5.75 Å². The molecule has 5 nitrogen and oxygen atoms in total. The highest BCUT2D eigenvalue weighted by molar-refractivity contribution is 7.89. The van der Waals surface area contributed by atoms with Gasteiger partial charge in [-0.25, -0.2) is 13.1 Å². The zero-order chi connectivity index (χ0) is 11.7. The summed E-state index contributed by atoms with van der Waals surface area (Å²) in [4.78, 5) is 0. The zero-order valence-electron chi connectivity index (χ0n) is 9.53. The van der Waals surface area contributed by atoms with Crippen molar-refractivity contribution in [3.05, 3.63) is 0 Å². The summed E-state index contributed by atoms with van der Waals surface area (Å²) in [5, 5.41) is 0. The standard InChI is InChI=1S/C9H22N2O3S/c1-9(5-7-14-2)11-15(12,13)8-4-3-6-10/h9,11H,3-8,10H2,1-2H3. The molecule has 0 heterocycles. The van der Waals surface area contributed by atoms with Crippen molar-refractivity contribution in [2.45, 2.75) is 32.2 Å². The van der Waals surface area contributed by atoms with Crippen molar-refractivity contribution in [2.24, 2.45) is 5.73 Å². The molecule has 0 aromatic heterocycles. The fourth-order valence-electron chi connectivity index (χ4n) is 1.16. The lowest BCUT2D eigenvalue weighted by atomic mass is 10.3. The van der Waals surface area contributed by atoms with E-state index < -0.39 is 10.0 Å². The maximum Gasteiger partial charge on any atom is 0.211 e. The molecule has 0 saturated heterocycles. The highest BCUT2D eigenvalue weighted by Gasteiger charge is 2.13. The second-order valence-corrected chi connectivity index (χ2v) is 5.49. The second kappa shape index (κ2) is 8.04. The Hall–Kier alpha value is -0.170. The lowest BCUT2D eigenvalue weighted by Gasteiger charge is -2.13. The summed E-state index contributed by atoms with van der Waals surface area (Å²) in [6, 6.07) is -0.0761. The van der Waals surface area contributed by atoms with Gasteiger partial charge in [0.2, 0.25) is 10.0 Å². The van der Waals surface area contributed by atoms with E-state index in [0.29, 0.717) is 26.0 Å². The van der Waals surface area contributed by atoms with Crippen molar-refractivity contribution in [3.8, 4) is 0 Å². The summed E-state index contributed by atoms with van der Waals surface area (Å²) < 4.78 is 30.4. The average molecular weight is 238 g/mol. The van der Waals surface area contributed by atoms with E-state index in [-0.39, 0.29) is 11.8 Å².